The number of guanidine groups is 1. The molecule has 0 radical (unpaired) electrons. The number of cyclic esters (lactones) is 1. The molecule has 8 nitrogen and oxygen atoms in total. The number of hydrogen-bond acceptors (Lipinski definition) is 5. The molecular formula is C22H39N3O5. The van der Waals surface area contributed by atoms with Crippen LogP contribution < -0.4 is 5.32 Å². The van der Waals surface area contributed by atoms with Crippen molar-refractivity contribution in [2.75, 3.05) is 20.2 Å². The van der Waals surface area contributed by atoms with Crippen LogP contribution in [0.25, 0.3) is 0 Å². The molecule has 1 fully saturated rings. The predicted molar refractivity (Wildman–Crippen MR) is 116 cm³/mol. The van der Waals surface area contributed by atoms with Gasteiger partial charge in [0, 0.05) is 13.5 Å². The number of aliphatic imine (C=N–C) groups is 1. The highest BCUT2D eigenvalue weighted by atomic mass is 16.6. The quantitative estimate of drug-likeness (QED) is 0.585. The Morgan fingerprint density at radius 1 is 0.967 bits per heavy atom. The molecular weight excluding hydrogens is 386 g/mol. The molecule has 172 valence electrons. The van der Waals surface area contributed by atoms with Gasteiger partial charge in [-0.3, -0.25) is 14.9 Å². The van der Waals surface area contributed by atoms with Gasteiger partial charge < -0.3 is 14.4 Å². The minimum absolute atomic E-state index is 0.0101. The molecule has 0 bridgehead atoms. The highest BCUT2D eigenvalue weighted by molar-refractivity contribution is 6.01. The van der Waals surface area contributed by atoms with E-state index < -0.39 is 17.7 Å². The molecule has 0 atom stereocenters. The van der Waals surface area contributed by atoms with Crippen molar-refractivity contribution < 1.29 is 23.9 Å². The topological polar surface area (TPSA) is 97.3 Å². The van der Waals surface area contributed by atoms with Crippen molar-refractivity contribution in [2.45, 2.75) is 97.0 Å². The van der Waals surface area contributed by atoms with Crippen molar-refractivity contribution in [1.82, 2.24) is 10.2 Å². The molecule has 1 heterocycles. The molecule has 1 rings (SSSR count). The number of carbonyl (C=O) groups is 3. The van der Waals surface area contributed by atoms with Gasteiger partial charge >= 0.3 is 12.1 Å². The summed E-state index contributed by atoms with van der Waals surface area (Å²) in [6.07, 6.45) is 10.3. The number of esters is 1. The summed E-state index contributed by atoms with van der Waals surface area (Å²) >= 11 is 0. The first-order valence-electron chi connectivity index (χ1n) is 11.2. The third-order valence-electron chi connectivity index (χ3n) is 4.63. The Labute approximate surface area is 180 Å². The van der Waals surface area contributed by atoms with Crippen molar-refractivity contribution in [3.8, 4) is 0 Å². The molecule has 0 unspecified atom stereocenters. The fraction of sp³-hybridized carbons (Fsp3) is 0.818. The minimum Gasteiger partial charge on any atom is -0.464 e. The maximum Gasteiger partial charge on any atom is 0.437 e. The molecule has 0 aliphatic carbocycles. The molecule has 1 N–H and O–H groups in total. The van der Waals surface area contributed by atoms with E-state index in [-0.39, 0.29) is 18.4 Å². The lowest BCUT2D eigenvalue weighted by atomic mass is 10.1. The van der Waals surface area contributed by atoms with Crippen molar-refractivity contribution >= 4 is 23.9 Å². The smallest absolute Gasteiger partial charge is 0.437 e. The molecule has 0 saturated carbocycles. The summed E-state index contributed by atoms with van der Waals surface area (Å²) in [5.41, 5.74) is -0.711. The van der Waals surface area contributed by atoms with Gasteiger partial charge in [0.1, 0.15) is 12.1 Å². The van der Waals surface area contributed by atoms with Crippen LogP contribution in [0.5, 0.6) is 0 Å². The average Bonchev–Trinajstić information content (AvgIpc) is 2.62. The van der Waals surface area contributed by atoms with Crippen molar-refractivity contribution in [3.63, 3.8) is 0 Å². The van der Waals surface area contributed by atoms with Crippen LogP contribution in [0.2, 0.25) is 0 Å². The summed E-state index contributed by atoms with van der Waals surface area (Å²) in [6, 6.07) is 0. The van der Waals surface area contributed by atoms with Crippen LogP contribution in [0.15, 0.2) is 4.99 Å². The summed E-state index contributed by atoms with van der Waals surface area (Å²) in [4.78, 5) is 41.9. The van der Waals surface area contributed by atoms with Crippen LogP contribution in [0.3, 0.4) is 0 Å². The first-order valence-corrected chi connectivity index (χ1v) is 11.2. The molecule has 2 amide bonds. The standard InChI is InChI=1S/C22H39N3O5/c1-22(2,3)30-21(28)24-20-23-18(26)15-13-11-9-7-5-6-8-10-12-14-16-29-19(27)17-25(20)4/h5-17H2,1-4H3,(H,23,24,26,28). The summed E-state index contributed by atoms with van der Waals surface area (Å²) in [6.45, 7) is 5.45. The van der Waals surface area contributed by atoms with Gasteiger partial charge in [-0.1, -0.05) is 51.4 Å². The molecule has 0 aromatic carbocycles. The lowest BCUT2D eigenvalue weighted by Crippen LogP contribution is -2.45. The van der Waals surface area contributed by atoms with Crippen LogP contribution in [-0.4, -0.2) is 54.6 Å². The maximum atomic E-state index is 12.3. The lowest BCUT2D eigenvalue weighted by molar-refractivity contribution is -0.144. The number of amides is 2. The van der Waals surface area contributed by atoms with Gasteiger partial charge in [-0.25, -0.2) is 4.79 Å². The number of nitrogens with zero attached hydrogens (tertiary/aromatic N) is 2. The molecule has 1 saturated heterocycles. The zero-order chi connectivity index (χ0) is 22.4. The van der Waals surface area contributed by atoms with Gasteiger partial charge in [-0.05, 0) is 33.6 Å². The Balaban J connectivity index is 2.79. The van der Waals surface area contributed by atoms with E-state index in [1.165, 1.54) is 30.6 Å². The molecule has 0 aromatic rings. The van der Waals surface area contributed by atoms with E-state index in [2.05, 4.69) is 10.3 Å². The van der Waals surface area contributed by atoms with E-state index in [0.29, 0.717) is 13.0 Å². The van der Waals surface area contributed by atoms with Crippen molar-refractivity contribution in [1.29, 1.82) is 0 Å². The predicted octanol–water partition coefficient (Wildman–Crippen LogP) is 4.17. The minimum atomic E-state index is -0.823. The fourth-order valence-electron chi connectivity index (χ4n) is 3.07. The number of nitrogens with one attached hydrogen (secondary N) is 1. The number of likely N-dealkylation sites (N-methyl/N-ethyl adjacent to an activating group) is 1. The van der Waals surface area contributed by atoms with Crippen molar-refractivity contribution in [2.24, 2.45) is 4.99 Å². The Morgan fingerprint density at radius 3 is 2.07 bits per heavy atom. The van der Waals surface area contributed by atoms with Crippen LogP contribution in [0.4, 0.5) is 4.79 Å². The first-order chi connectivity index (χ1) is 14.2. The largest absolute Gasteiger partial charge is 0.464 e. The second kappa shape index (κ2) is 14.0. The third-order valence-corrected chi connectivity index (χ3v) is 4.63. The molecule has 0 spiro atoms. The monoisotopic (exact) mass is 425 g/mol. The Bertz CT molecular complexity index is 584. The second-order valence-corrected chi connectivity index (χ2v) is 8.83. The summed E-state index contributed by atoms with van der Waals surface area (Å²) in [7, 11) is 1.58. The van der Waals surface area contributed by atoms with Crippen LogP contribution in [-0.2, 0) is 19.1 Å². The van der Waals surface area contributed by atoms with Gasteiger partial charge in [0.15, 0.2) is 0 Å². The SMILES string of the molecule is CN1CC(=O)OCCCCCCCCCCCCC(=O)NC1=NC(=O)OC(C)(C)C. The van der Waals surface area contributed by atoms with E-state index in [1.807, 2.05) is 0 Å². The lowest BCUT2D eigenvalue weighted by Gasteiger charge is -2.22. The average molecular weight is 426 g/mol. The Hall–Kier alpha value is -2.12. The van der Waals surface area contributed by atoms with Crippen LogP contribution in [0, 0.1) is 0 Å². The van der Waals surface area contributed by atoms with Crippen molar-refractivity contribution in [3.05, 3.63) is 0 Å². The number of hydrogen-bond donors (Lipinski definition) is 1. The summed E-state index contributed by atoms with van der Waals surface area (Å²) < 4.78 is 10.5. The van der Waals surface area contributed by atoms with Gasteiger partial charge in [0.2, 0.25) is 11.9 Å². The van der Waals surface area contributed by atoms with E-state index in [1.54, 1.807) is 27.8 Å². The molecule has 1 aliphatic rings. The first kappa shape index (κ1) is 25.9. The molecule has 0 aromatic heterocycles. The van der Waals surface area contributed by atoms with Crippen LogP contribution >= 0.6 is 0 Å². The zero-order valence-electron chi connectivity index (χ0n) is 19.1. The number of carbonyl (C=O) groups excluding carboxylic acids is 3. The van der Waals surface area contributed by atoms with E-state index >= 15 is 0 Å². The normalized spacial score (nSPS) is 21.1. The number of ether oxygens (including phenoxy) is 2. The van der Waals surface area contributed by atoms with Gasteiger partial charge in [0.25, 0.3) is 0 Å². The van der Waals surface area contributed by atoms with Gasteiger partial charge in [-0.2, -0.15) is 0 Å². The highest BCUT2D eigenvalue weighted by Gasteiger charge is 2.20. The second-order valence-electron chi connectivity index (χ2n) is 8.83. The zero-order valence-corrected chi connectivity index (χ0v) is 19.1. The van der Waals surface area contributed by atoms with Gasteiger partial charge in [0.05, 0.1) is 6.61 Å². The molecule has 8 heteroatoms. The van der Waals surface area contributed by atoms with Crippen LogP contribution in [0.1, 0.15) is 91.4 Å². The molecule has 30 heavy (non-hydrogen) atoms. The number of rotatable bonds is 0. The van der Waals surface area contributed by atoms with E-state index in [0.717, 1.165) is 38.5 Å². The Kier molecular flexibility index (Phi) is 12.1. The highest BCUT2D eigenvalue weighted by Crippen LogP contribution is 2.12. The molecule has 1 aliphatic heterocycles. The summed E-state index contributed by atoms with van der Waals surface area (Å²) in [5.74, 6) is -0.680. The van der Waals surface area contributed by atoms with E-state index in [9.17, 15) is 14.4 Å². The third kappa shape index (κ3) is 13.2. The fourth-order valence-corrected chi connectivity index (χ4v) is 3.07. The summed E-state index contributed by atoms with van der Waals surface area (Å²) in [5, 5.41) is 2.65. The Morgan fingerprint density at radius 2 is 1.50 bits per heavy atom. The van der Waals surface area contributed by atoms with E-state index in [4.69, 9.17) is 9.47 Å². The van der Waals surface area contributed by atoms with Gasteiger partial charge in [-0.15, -0.1) is 4.99 Å². The maximum absolute atomic E-state index is 12.3.